The Morgan fingerprint density at radius 3 is 2.68 bits per heavy atom. The minimum Gasteiger partial charge on any atom is -0.465 e. The summed E-state index contributed by atoms with van der Waals surface area (Å²) < 4.78 is 4.87. The van der Waals surface area contributed by atoms with E-state index in [1.165, 1.54) is 32.8 Å². The zero-order valence-corrected chi connectivity index (χ0v) is 11.7. The molecule has 19 heavy (non-hydrogen) atoms. The SMILES string of the molecule is CCN(c1ccc(N)cc1C(=O)OC)C1CCCC1. The number of hydrogen-bond acceptors (Lipinski definition) is 4. The van der Waals surface area contributed by atoms with Crippen LogP contribution in [-0.4, -0.2) is 25.7 Å². The molecule has 0 aliphatic heterocycles. The summed E-state index contributed by atoms with van der Waals surface area (Å²) in [6.07, 6.45) is 4.92. The van der Waals surface area contributed by atoms with Crippen LogP contribution in [0, 0.1) is 0 Å². The lowest BCUT2D eigenvalue weighted by Gasteiger charge is -2.31. The van der Waals surface area contributed by atoms with Crippen LogP contribution in [0.3, 0.4) is 0 Å². The van der Waals surface area contributed by atoms with E-state index in [9.17, 15) is 4.79 Å². The third-order valence-corrected chi connectivity index (χ3v) is 3.84. The van der Waals surface area contributed by atoms with Gasteiger partial charge in [-0.25, -0.2) is 4.79 Å². The van der Waals surface area contributed by atoms with Gasteiger partial charge in [-0.15, -0.1) is 0 Å². The monoisotopic (exact) mass is 262 g/mol. The van der Waals surface area contributed by atoms with E-state index in [-0.39, 0.29) is 5.97 Å². The number of benzene rings is 1. The number of nitrogens with zero attached hydrogens (tertiary/aromatic N) is 1. The average molecular weight is 262 g/mol. The maximum absolute atomic E-state index is 11.9. The Morgan fingerprint density at radius 1 is 1.42 bits per heavy atom. The predicted octanol–water partition coefficient (Wildman–Crippen LogP) is 2.82. The Labute approximate surface area is 114 Å². The van der Waals surface area contributed by atoms with Crippen molar-refractivity contribution < 1.29 is 9.53 Å². The lowest BCUT2D eigenvalue weighted by molar-refractivity contribution is 0.0601. The maximum atomic E-state index is 11.9. The molecule has 0 bridgehead atoms. The van der Waals surface area contributed by atoms with Gasteiger partial charge in [0.25, 0.3) is 0 Å². The third-order valence-electron chi connectivity index (χ3n) is 3.84. The molecule has 0 atom stereocenters. The van der Waals surface area contributed by atoms with Gasteiger partial charge in [0.05, 0.1) is 18.4 Å². The third kappa shape index (κ3) is 2.83. The second-order valence-corrected chi connectivity index (χ2v) is 4.99. The van der Waals surface area contributed by atoms with Crippen molar-refractivity contribution >= 4 is 17.3 Å². The largest absolute Gasteiger partial charge is 0.465 e. The van der Waals surface area contributed by atoms with Crippen LogP contribution in [-0.2, 0) is 4.74 Å². The van der Waals surface area contributed by atoms with E-state index >= 15 is 0 Å². The summed E-state index contributed by atoms with van der Waals surface area (Å²) in [5.74, 6) is -0.321. The van der Waals surface area contributed by atoms with Crippen molar-refractivity contribution in [1.29, 1.82) is 0 Å². The number of hydrogen-bond donors (Lipinski definition) is 1. The van der Waals surface area contributed by atoms with Gasteiger partial charge in [-0.05, 0) is 38.0 Å². The van der Waals surface area contributed by atoms with Crippen LogP contribution >= 0.6 is 0 Å². The maximum Gasteiger partial charge on any atom is 0.340 e. The molecule has 0 radical (unpaired) electrons. The molecule has 4 nitrogen and oxygen atoms in total. The molecule has 0 amide bonds. The molecule has 0 heterocycles. The molecule has 104 valence electrons. The van der Waals surface area contributed by atoms with Crippen molar-refractivity contribution in [2.24, 2.45) is 0 Å². The minimum atomic E-state index is -0.321. The van der Waals surface area contributed by atoms with Crippen molar-refractivity contribution in [3.8, 4) is 0 Å². The van der Waals surface area contributed by atoms with Gasteiger partial charge < -0.3 is 15.4 Å². The average Bonchev–Trinajstić information content (AvgIpc) is 2.94. The van der Waals surface area contributed by atoms with E-state index in [1.54, 1.807) is 6.07 Å². The van der Waals surface area contributed by atoms with E-state index < -0.39 is 0 Å². The number of rotatable bonds is 4. The summed E-state index contributed by atoms with van der Waals surface area (Å²) in [7, 11) is 1.40. The molecule has 0 unspecified atom stereocenters. The number of esters is 1. The van der Waals surface area contributed by atoms with Crippen LogP contribution < -0.4 is 10.6 Å². The topological polar surface area (TPSA) is 55.6 Å². The first-order valence-electron chi connectivity index (χ1n) is 6.91. The van der Waals surface area contributed by atoms with Gasteiger partial charge in [0.15, 0.2) is 0 Å². The van der Waals surface area contributed by atoms with Gasteiger partial charge in [0.1, 0.15) is 0 Å². The van der Waals surface area contributed by atoms with Crippen LogP contribution in [0.15, 0.2) is 18.2 Å². The van der Waals surface area contributed by atoms with Crippen LogP contribution in [0.2, 0.25) is 0 Å². The first kappa shape index (κ1) is 13.7. The van der Waals surface area contributed by atoms with E-state index in [2.05, 4.69) is 11.8 Å². The normalized spacial score (nSPS) is 15.5. The highest BCUT2D eigenvalue weighted by atomic mass is 16.5. The van der Waals surface area contributed by atoms with Gasteiger partial charge in [-0.3, -0.25) is 0 Å². The van der Waals surface area contributed by atoms with E-state index in [0.29, 0.717) is 17.3 Å². The second kappa shape index (κ2) is 5.95. The molecule has 2 N–H and O–H groups in total. The fraction of sp³-hybridized carbons (Fsp3) is 0.533. The summed E-state index contributed by atoms with van der Waals surface area (Å²) in [5.41, 5.74) is 7.88. The van der Waals surface area contributed by atoms with Crippen LogP contribution in [0.5, 0.6) is 0 Å². The lowest BCUT2D eigenvalue weighted by Crippen LogP contribution is -2.34. The van der Waals surface area contributed by atoms with Crippen molar-refractivity contribution in [2.45, 2.75) is 38.6 Å². The number of anilines is 2. The first-order valence-corrected chi connectivity index (χ1v) is 6.91. The highest BCUT2D eigenvalue weighted by Crippen LogP contribution is 2.31. The molecular formula is C15H22N2O2. The molecular weight excluding hydrogens is 240 g/mol. The minimum absolute atomic E-state index is 0.321. The number of ether oxygens (including phenoxy) is 1. The zero-order chi connectivity index (χ0) is 13.8. The van der Waals surface area contributed by atoms with E-state index in [1.807, 2.05) is 12.1 Å². The van der Waals surface area contributed by atoms with Crippen molar-refractivity contribution in [3.63, 3.8) is 0 Å². The summed E-state index contributed by atoms with van der Waals surface area (Å²) in [6.45, 7) is 3.01. The number of nitrogens with two attached hydrogens (primary N) is 1. The molecule has 4 heteroatoms. The summed E-state index contributed by atoms with van der Waals surface area (Å²) >= 11 is 0. The molecule has 1 aliphatic rings. The van der Waals surface area contributed by atoms with Crippen LogP contribution in [0.1, 0.15) is 43.0 Å². The fourth-order valence-corrected chi connectivity index (χ4v) is 2.92. The van der Waals surface area contributed by atoms with Crippen molar-refractivity contribution in [1.82, 2.24) is 0 Å². The Balaban J connectivity index is 2.38. The van der Waals surface area contributed by atoms with E-state index in [0.717, 1.165) is 12.2 Å². The molecule has 1 aromatic carbocycles. The molecule has 1 fully saturated rings. The summed E-state index contributed by atoms with van der Waals surface area (Å²) in [4.78, 5) is 14.2. The smallest absolute Gasteiger partial charge is 0.340 e. The summed E-state index contributed by atoms with van der Waals surface area (Å²) in [6, 6.07) is 6.01. The Morgan fingerprint density at radius 2 is 2.11 bits per heavy atom. The Kier molecular flexibility index (Phi) is 4.30. The molecule has 0 saturated heterocycles. The molecule has 0 spiro atoms. The first-order chi connectivity index (χ1) is 9.17. The van der Waals surface area contributed by atoms with Gasteiger partial charge in [0.2, 0.25) is 0 Å². The predicted molar refractivity (Wildman–Crippen MR) is 77.5 cm³/mol. The Hall–Kier alpha value is -1.71. The van der Waals surface area contributed by atoms with E-state index in [4.69, 9.17) is 10.5 Å². The number of carbonyl (C=O) groups excluding carboxylic acids is 1. The lowest BCUT2D eigenvalue weighted by atomic mass is 10.1. The Bertz CT molecular complexity index is 453. The molecule has 0 aromatic heterocycles. The number of methoxy groups -OCH3 is 1. The molecule has 1 saturated carbocycles. The number of nitrogen functional groups attached to an aromatic ring is 1. The molecule has 1 aromatic rings. The van der Waals surface area contributed by atoms with Crippen LogP contribution in [0.25, 0.3) is 0 Å². The molecule has 2 rings (SSSR count). The highest BCUT2D eigenvalue weighted by molar-refractivity contribution is 5.97. The zero-order valence-electron chi connectivity index (χ0n) is 11.7. The quantitative estimate of drug-likeness (QED) is 0.669. The van der Waals surface area contributed by atoms with Crippen molar-refractivity contribution in [2.75, 3.05) is 24.3 Å². The van der Waals surface area contributed by atoms with Gasteiger partial charge in [-0.2, -0.15) is 0 Å². The van der Waals surface area contributed by atoms with Gasteiger partial charge in [-0.1, -0.05) is 12.8 Å². The van der Waals surface area contributed by atoms with Gasteiger partial charge in [0, 0.05) is 18.3 Å². The fourth-order valence-electron chi connectivity index (χ4n) is 2.92. The number of carbonyl (C=O) groups is 1. The van der Waals surface area contributed by atoms with Crippen LogP contribution in [0.4, 0.5) is 11.4 Å². The standard InChI is InChI=1S/C15H22N2O2/c1-3-17(12-6-4-5-7-12)14-9-8-11(16)10-13(14)15(18)19-2/h8-10,12H,3-7,16H2,1-2H3. The van der Waals surface area contributed by atoms with Gasteiger partial charge >= 0.3 is 5.97 Å². The second-order valence-electron chi connectivity index (χ2n) is 4.99. The highest BCUT2D eigenvalue weighted by Gasteiger charge is 2.25. The summed E-state index contributed by atoms with van der Waals surface area (Å²) in [5, 5.41) is 0. The van der Waals surface area contributed by atoms with Crippen molar-refractivity contribution in [3.05, 3.63) is 23.8 Å². The molecule has 1 aliphatic carbocycles.